The molecule has 0 radical (unpaired) electrons. The van der Waals surface area contributed by atoms with Gasteiger partial charge in [-0.15, -0.1) is 0 Å². The van der Waals surface area contributed by atoms with Crippen molar-refractivity contribution in [1.29, 1.82) is 0 Å². The summed E-state index contributed by atoms with van der Waals surface area (Å²) < 4.78 is 34.0. The van der Waals surface area contributed by atoms with Crippen LogP contribution in [-0.4, -0.2) is 44.0 Å². The molecule has 0 saturated carbocycles. The minimum atomic E-state index is -2.34. The van der Waals surface area contributed by atoms with Gasteiger partial charge in [0.1, 0.15) is 53.8 Å². The van der Waals surface area contributed by atoms with Crippen LogP contribution in [0.5, 0.6) is 0 Å². The summed E-state index contributed by atoms with van der Waals surface area (Å²) in [4.78, 5) is 0. The van der Waals surface area contributed by atoms with Gasteiger partial charge in [-0.2, -0.15) is 0 Å². The average Bonchev–Trinajstić information content (AvgIpc) is 3.23. The Morgan fingerprint density at radius 1 is 0.423 bits per heavy atom. The second-order valence-corrected chi connectivity index (χ2v) is 16.6. The van der Waals surface area contributed by atoms with Gasteiger partial charge >= 0.3 is 0 Å². The summed E-state index contributed by atoms with van der Waals surface area (Å²) in [6, 6.07) is 63.4. The molecule has 1 fully saturated rings. The molecule has 0 aliphatic carbocycles. The maximum absolute atomic E-state index is 7.12. The van der Waals surface area contributed by atoms with Crippen LogP contribution in [0.2, 0.25) is 0 Å². The molecule has 264 valence electrons. The van der Waals surface area contributed by atoms with Crippen molar-refractivity contribution < 1.29 is 23.7 Å². The number of hydrogen-bond donors (Lipinski definition) is 0. The van der Waals surface area contributed by atoms with E-state index in [0.29, 0.717) is 26.0 Å². The highest BCUT2D eigenvalue weighted by Crippen LogP contribution is 2.57. The third-order valence-corrected chi connectivity index (χ3v) is 14.2. The van der Waals surface area contributed by atoms with Crippen molar-refractivity contribution in [3.8, 4) is 0 Å². The second kappa shape index (κ2) is 17.9. The van der Waals surface area contributed by atoms with Gasteiger partial charge in [-0.3, -0.25) is 0 Å². The fourth-order valence-corrected chi connectivity index (χ4v) is 11.6. The lowest BCUT2D eigenvalue weighted by Gasteiger charge is -2.46. The lowest BCUT2D eigenvalue weighted by molar-refractivity contribution is -0.313. The van der Waals surface area contributed by atoms with E-state index in [-0.39, 0.29) is 0 Å². The van der Waals surface area contributed by atoms with Crippen molar-refractivity contribution in [3.63, 3.8) is 0 Å². The van der Waals surface area contributed by atoms with Crippen LogP contribution in [0, 0.1) is 0 Å². The van der Waals surface area contributed by atoms with Crippen molar-refractivity contribution in [3.05, 3.63) is 199 Å². The number of ether oxygens (including phenoxy) is 5. The Labute approximate surface area is 308 Å². The Hall–Kier alpha value is -4.45. The van der Waals surface area contributed by atoms with Gasteiger partial charge in [0, 0.05) is 7.11 Å². The zero-order valence-corrected chi connectivity index (χ0v) is 30.4. The summed E-state index contributed by atoms with van der Waals surface area (Å²) in [6.45, 7) is 1.17. The average molecular weight is 710 g/mol. The molecule has 0 amide bonds. The summed E-state index contributed by atoms with van der Waals surface area (Å²) in [5.41, 5.74) is 3.21. The van der Waals surface area contributed by atoms with E-state index >= 15 is 0 Å². The van der Waals surface area contributed by atoms with Gasteiger partial charge in [-0.1, -0.05) is 146 Å². The van der Waals surface area contributed by atoms with E-state index in [1.807, 2.05) is 54.6 Å². The Balaban J connectivity index is 1.34. The fraction of sp³-hybridized carbons (Fsp3) is 0.217. The molecule has 0 unspecified atom stereocenters. The normalized spacial score (nSPS) is 20.4. The molecule has 6 heteroatoms. The van der Waals surface area contributed by atoms with Crippen LogP contribution in [0.15, 0.2) is 182 Å². The van der Waals surface area contributed by atoms with Gasteiger partial charge in [0.05, 0.1) is 19.8 Å². The molecule has 0 spiro atoms. The van der Waals surface area contributed by atoms with Crippen LogP contribution < -0.4 is 15.9 Å². The zero-order chi connectivity index (χ0) is 35.4. The lowest BCUT2D eigenvalue weighted by atomic mass is 9.98. The molecule has 0 N–H and O–H groups in total. The first-order chi connectivity index (χ1) is 25.7. The van der Waals surface area contributed by atoms with Gasteiger partial charge in [-0.25, -0.2) is 0 Å². The van der Waals surface area contributed by atoms with Crippen molar-refractivity contribution in [2.45, 2.75) is 50.5 Å². The number of hydrogen-bond acceptors (Lipinski definition) is 5. The first-order valence-corrected chi connectivity index (χ1v) is 19.9. The van der Waals surface area contributed by atoms with Crippen molar-refractivity contribution in [2.24, 2.45) is 0 Å². The molecule has 1 aliphatic heterocycles. The van der Waals surface area contributed by atoms with E-state index < -0.39 is 38.0 Å². The van der Waals surface area contributed by atoms with E-state index in [9.17, 15) is 0 Å². The van der Waals surface area contributed by atoms with E-state index in [1.165, 1.54) is 15.9 Å². The SMILES string of the molecule is CO[C@@H]1O[C@H](C[P+](c2ccccc2)(c2ccccc2)c2ccccc2)[C@H](OCc2ccccc2)[C@H](OCc2ccccc2)[C@H]1OCc1ccccc1. The minimum Gasteiger partial charge on any atom is -0.368 e. The van der Waals surface area contributed by atoms with Crippen LogP contribution >= 0.6 is 7.26 Å². The topological polar surface area (TPSA) is 46.2 Å². The number of benzene rings is 6. The Morgan fingerprint density at radius 3 is 1.12 bits per heavy atom. The van der Waals surface area contributed by atoms with E-state index in [0.717, 1.165) is 16.7 Å². The largest absolute Gasteiger partial charge is 0.368 e. The van der Waals surface area contributed by atoms with Crippen LogP contribution in [0.3, 0.4) is 0 Å². The lowest BCUT2D eigenvalue weighted by Crippen LogP contribution is -2.62. The van der Waals surface area contributed by atoms with E-state index in [2.05, 4.69) is 127 Å². The first kappa shape index (κ1) is 35.9. The first-order valence-electron chi connectivity index (χ1n) is 17.9. The van der Waals surface area contributed by atoms with Crippen LogP contribution in [0.25, 0.3) is 0 Å². The predicted octanol–water partition coefficient (Wildman–Crippen LogP) is 8.11. The van der Waals surface area contributed by atoms with Crippen molar-refractivity contribution in [2.75, 3.05) is 13.3 Å². The third kappa shape index (κ3) is 8.43. The van der Waals surface area contributed by atoms with E-state index in [4.69, 9.17) is 23.7 Å². The summed E-state index contributed by atoms with van der Waals surface area (Å²) in [7, 11) is -0.647. The molecular weight excluding hydrogens is 663 g/mol. The molecule has 1 heterocycles. The zero-order valence-electron chi connectivity index (χ0n) is 29.5. The summed E-state index contributed by atoms with van der Waals surface area (Å²) >= 11 is 0. The summed E-state index contributed by atoms with van der Waals surface area (Å²) in [6.07, 6.45) is -2.02. The predicted molar refractivity (Wildman–Crippen MR) is 211 cm³/mol. The smallest absolute Gasteiger partial charge is 0.186 e. The van der Waals surface area contributed by atoms with Gasteiger partial charge in [0.2, 0.25) is 0 Å². The molecule has 6 aromatic carbocycles. The highest BCUT2D eigenvalue weighted by molar-refractivity contribution is 7.95. The molecule has 1 saturated heterocycles. The van der Waals surface area contributed by atoms with Gasteiger partial charge in [0.25, 0.3) is 0 Å². The maximum atomic E-state index is 7.12. The molecular formula is C46H46O5P+. The molecule has 7 rings (SSSR count). The van der Waals surface area contributed by atoms with Gasteiger partial charge in [-0.05, 0) is 53.1 Å². The molecule has 5 nitrogen and oxygen atoms in total. The monoisotopic (exact) mass is 709 g/mol. The van der Waals surface area contributed by atoms with Crippen LogP contribution in [-0.2, 0) is 43.5 Å². The molecule has 0 aromatic heterocycles. The molecule has 1 aliphatic rings. The maximum Gasteiger partial charge on any atom is 0.186 e. The Kier molecular flexibility index (Phi) is 12.3. The Morgan fingerprint density at radius 2 is 0.750 bits per heavy atom. The molecule has 5 atom stereocenters. The third-order valence-electron chi connectivity index (χ3n) is 9.72. The van der Waals surface area contributed by atoms with E-state index in [1.54, 1.807) is 7.11 Å². The molecule has 52 heavy (non-hydrogen) atoms. The fourth-order valence-electron chi connectivity index (χ4n) is 7.16. The second-order valence-electron chi connectivity index (χ2n) is 13.1. The van der Waals surface area contributed by atoms with Crippen LogP contribution in [0.4, 0.5) is 0 Å². The number of rotatable bonds is 15. The quantitative estimate of drug-likeness (QED) is 0.101. The standard InChI is InChI=1S/C46H46O5P/c1-47-46-45(50-34-38-24-12-4-13-25-38)44(49-33-37-22-10-3-11-23-37)43(48-32-36-20-8-2-9-21-36)42(51-46)35-52(39-26-14-5-15-27-39,40-28-16-6-17-29-40)41-30-18-7-19-31-41/h2-31,42-46H,32-35H2,1H3/q+1/t42-,43+,44+,45-,46-/m1/s1. The summed E-state index contributed by atoms with van der Waals surface area (Å²) in [5, 5.41) is 3.82. The van der Waals surface area contributed by atoms with Crippen molar-refractivity contribution in [1.82, 2.24) is 0 Å². The van der Waals surface area contributed by atoms with Gasteiger partial charge in [0.15, 0.2) is 6.29 Å². The van der Waals surface area contributed by atoms with Gasteiger partial charge < -0.3 is 23.7 Å². The summed E-state index contributed by atoms with van der Waals surface area (Å²) in [5.74, 6) is 0. The molecule has 6 aromatic rings. The Bertz CT molecular complexity index is 1800. The van der Waals surface area contributed by atoms with Crippen molar-refractivity contribution >= 4 is 23.2 Å². The highest BCUT2D eigenvalue weighted by Gasteiger charge is 2.55. The minimum absolute atomic E-state index is 0.380. The van der Waals surface area contributed by atoms with Crippen LogP contribution in [0.1, 0.15) is 16.7 Å². The molecule has 0 bridgehead atoms. The number of methoxy groups -OCH3 is 1. The highest BCUT2D eigenvalue weighted by atomic mass is 31.2.